The molecule has 26 heavy (non-hydrogen) atoms. The maximum Gasteiger partial charge on any atom is 0.317 e. The summed E-state index contributed by atoms with van der Waals surface area (Å²) in [5, 5.41) is 3.04. The van der Waals surface area contributed by atoms with Crippen LogP contribution < -0.4 is 10.1 Å². The van der Waals surface area contributed by atoms with Gasteiger partial charge in [-0.05, 0) is 29.2 Å². The van der Waals surface area contributed by atoms with E-state index in [1.165, 1.54) is 16.7 Å². The number of urea groups is 1. The molecule has 0 aromatic heterocycles. The van der Waals surface area contributed by atoms with E-state index in [1.54, 1.807) is 7.11 Å². The summed E-state index contributed by atoms with van der Waals surface area (Å²) in [6.45, 7) is 2.47. The zero-order valence-electron chi connectivity index (χ0n) is 15.0. The Morgan fingerprint density at radius 2 is 2.00 bits per heavy atom. The SMILES string of the molecule is COc1cccc2c1CCN(C(=O)NC[C@@H]1Cc3ccccc3CO1)C2. The average molecular weight is 352 g/mol. The van der Waals surface area contributed by atoms with Crippen molar-refractivity contribution in [3.05, 3.63) is 64.7 Å². The molecule has 0 spiro atoms. The van der Waals surface area contributed by atoms with Gasteiger partial charge in [0, 0.05) is 31.6 Å². The number of fused-ring (bicyclic) bond motifs is 2. The van der Waals surface area contributed by atoms with Gasteiger partial charge < -0.3 is 19.7 Å². The van der Waals surface area contributed by atoms with Crippen LogP contribution in [0, 0.1) is 0 Å². The van der Waals surface area contributed by atoms with Crippen LogP contribution >= 0.6 is 0 Å². The maximum atomic E-state index is 12.6. The molecule has 1 atom stereocenters. The summed E-state index contributed by atoms with van der Waals surface area (Å²) in [7, 11) is 1.69. The molecule has 5 nitrogen and oxygen atoms in total. The monoisotopic (exact) mass is 352 g/mol. The van der Waals surface area contributed by atoms with Crippen molar-refractivity contribution in [3.8, 4) is 5.75 Å². The average Bonchev–Trinajstić information content (AvgIpc) is 2.70. The minimum absolute atomic E-state index is 0.0269. The first-order valence-electron chi connectivity index (χ1n) is 9.10. The minimum atomic E-state index is -0.0269. The normalized spacial score (nSPS) is 18.7. The molecule has 0 unspecified atom stereocenters. The number of hydrogen-bond donors (Lipinski definition) is 1. The van der Waals surface area contributed by atoms with E-state index in [9.17, 15) is 4.79 Å². The van der Waals surface area contributed by atoms with Crippen LogP contribution in [0.15, 0.2) is 42.5 Å². The molecule has 0 saturated heterocycles. The van der Waals surface area contributed by atoms with Crippen LogP contribution in [-0.4, -0.2) is 37.2 Å². The second-order valence-corrected chi connectivity index (χ2v) is 6.86. The largest absolute Gasteiger partial charge is 0.496 e. The molecule has 0 saturated carbocycles. The van der Waals surface area contributed by atoms with Gasteiger partial charge in [0.25, 0.3) is 0 Å². The van der Waals surface area contributed by atoms with Gasteiger partial charge in [0.2, 0.25) is 0 Å². The van der Waals surface area contributed by atoms with Gasteiger partial charge in [-0.2, -0.15) is 0 Å². The predicted octanol–water partition coefficient (Wildman–Crippen LogP) is 2.90. The number of nitrogens with one attached hydrogen (secondary N) is 1. The fourth-order valence-electron chi connectivity index (χ4n) is 3.79. The number of carbonyl (C=O) groups excluding carboxylic acids is 1. The van der Waals surface area contributed by atoms with E-state index >= 15 is 0 Å². The third kappa shape index (κ3) is 3.40. The lowest BCUT2D eigenvalue weighted by atomic mass is 9.98. The van der Waals surface area contributed by atoms with Gasteiger partial charge >= 0.3 is 6.03 Å². The van der Waals surface area contributed by atoms with Crippen molar-refractivity contribution in [2.45, 2.75) is 32.1 Å². The molecule has 2 aliphatic heterocycles. The molecule has 0 aliphatic carbocycles. The second kappa shape index (κ2) is 7.38. The van der Waals surface area contributed by atoms with Gasteiger partial charge in [-0.15, -0.1) is 0 Å². The van der Waals surface area contributed by atoms with E-state index in [-0.39, 0.29) is 12.1 Å². The molecule has 4 rings (SSSR count). The van der Waals surface area contributed by atoms with Gasteiger partial charge in [0.1, 0.15) is 5.75 Å². The van der Waals surface area contributed by atoms with Crippen molar-refractivity contribution in [2.75, 3.05) is 20.2 Å². The minimum Gasteiger partial charge on any atom is -0.496 e. The molecular formula is C21H24N2O3. The van der Waals surface area contributed by atoms with Crippen LogP contribution in [0.4, 0.5) is 4.79 Å². The van der Waals surface area contributed by atoms with E-state index in [4.69, 9.17) is 9.47 Å². The summed E-state index contributed by atoms with van der Waals surface area (Å²) in [4.78, 5) is 14.4. The number of carbonyl (C=O) groups is 1. The molecule has 2 amide bonds. The van der Waals surface area contributed by atoms with Crippen molar-refractivity contribution in [2.24, 2.45) is 0 Å². The Morgan fingerprint density at radius 1 is 1.19 bits per heavy atom. The number of hydrogen-bond acceptors (Lipinski definition) is 3. The zero-order valence-corrected chi connectivity index (χ0v) is 15.0. The van der Waals surface area contributed by atoms with Crippen LogP contribution in [-0.2, 0) is 30.7 Å². The summed E-state index contributed by atoms with van der Waals surface area (Å²) in [6, 6.07) is 14.3. The Kier molecular flexibility index (Phi) is 4.80. The summed E-state index contributed by atoms with van der Waals surface area (Å²) in [5.41, 5.74) is 4.94. The van der Waals surface area contributed by atoms with Gasteiger partial charge in [0.15, 0.2) is 0 Å². The number of benzene rings is 2. The number of nitrogens with zero attached hydrogens (tertiary/aromatic N) is 1. The highest BCUT2D eigenvalue weighted by molar-refractivity contribution is 5.74. The Bertz CT molecular complexity index is 806. The fourth-order valence-corrected chi connectivity index (χ4v) is 3.79. The van der Waals surface area contributed by atoms with Crippen molar-refractivity contribution < 1.29 is 14.3 Å². The Morgan fingerprint density at radius 3 is 2.85 bits per heavy atom. The number of ether oxygens (including phenoxy) is 2. The lowest BCUT2D eigenvalue weighted by molar-refractivity contribution is 0.0296. The van der Waals surface area contributed by atoms with Gasteiger partial charge in [-0.1, -0.05) is 36.4 Å². The highest BCUT2D eigenvalue weighted by Gasteiger charge is 2.24. The Hall–Kier alpha value is -2.53. The van der Waals surface area contributed by atoms with Crippen molar-refractivity contribution in [1.82, 2.24) is 10.2 Å². The van der Waals surface area contributed by atoms with Crippen LogP contribution in [0.25, 0.3) is 0 Å². The molecule has 1 N–H and O–H groups in total. The molecule has 136 valence electrons. The molecular weight excluding hydrogens is 328 g/mol. The van der Waals surface area contributed by atoms with Crippen LogP contribution in [0.5, 0.6) is 5.75 Å². The van der Waals surface area contributed by atoms with E-state index in [0.717, 1.165) is 24.2 Å². The highest BCUT2D eigenvalue weighted by atomic mass is 16.5. The summed E-state index contributed by atoms with van der Waals surface area (Å²) >= 11 is 0. The zero-order chi connectivity index (χ0) is 17.9. The standard InChI is InChI=1S/C21H24N2O3/c1-25-20-8-4-7-16-13-23(10-9-19(16)20)21(24)22-12-18-11-15-5-2-3-6-17(15)14-26-18/h2-8,18H,9-14H2,1H3,(H,22,24)/t18-/m0/s1. The molecule has 0 bridgehead atoms. The first-order valence-corrected chi connectivity index (χ1v) is 9.10. The second-order valence-electron chi connectivity index (χ2n) is 6.86. The molecule has 2 heterocycles. The van der Waals surface area contributed by atoms with Crippen LogP contribution in [0.3, 0.4) is 0 Å². The summed E-state index contributed by atoms with van der Waals surface area (Å²) < 4.78 is 11.3. The molecule has 2 aromatic carbocycles. The van der Waals surface area contributed by atoms with Gasteiger partial charge in [-0.3, -0.25) is 0 Å². The van der Waals surface area contributed by atoms with E-state index in [1.807, 2.05) is 23.1 Å². The molecule has 2 aliphatic rings. The number of rotatable bonds is 3. The Labute approximate surface area is 153 Å². The molecule has 0 radical (unpaired) electrons. The Balaban J connectivity index is 1.33. The van der Waals surface area contributed by atoms with Gasteiger partial charge in [0.05, 0.1) is 19.8 Å². The third-order valence-corrected chi connectivity index (χ3v) is 5.25. The van der Waals surface area contributed by atoms with Crippen molar-refractivity contribution in [3.63, 3.8) is 0 Å². The molecule has 0 fully saturated rings. The highest BCUT2D eigenvalue weighted by Crippen LogP contribution is 2.27. The van der Waals surface area contributed by atoms with Crippen LogP contribution in [0.2, 0.25) is 0 Å². The number of amides is 2. The van der Waals surface area contributed by atoms with E-state index in [0.29, 0.717) is 26.2 Å². The van der Waals surface area contributed by atoms with E-state index in [2.05, 4.69) is 29.6 Å². The molecule has 5 heteroatoms. The summed E-state index contributed by atoms with van der Waals surface area (Å²) in [5.74, 6) is 0.914. The van der Waals surface area contributed by atoms with Crippen molar-refractivity contribution in [1.29, 1.82) is 0 Å². The van der Waals surface area contributed by atoms with Crippen molar-refractivity contribution >= 4 is 6.03 Å². The van der Waals surface area contributed by atoms with Gasteiger partial charge in [-0.25, -0.2) is 4.79 Å². The maximum absolute atomic E-state index is 12.6. The molecule has 2 aromatic rings. The third-order valence-electron chi connectivity index (χ3n) is 5.25. The van der Waals surface area contributed by atoms with E-state index < -0.39 is 0 Å². The quantitative estimate of drug-likeness (QED) is 0.924. The lowest BCUT2D eigenvalue weighted by Gasteiger charge is -2.31. The number of methoxy groups -OCH3 is 1. The lowest BCUT2D eigenvalue weighted by Crippen LogP contribution is -2.46. The first kappa shape index (κ1) is 16.9. The smallest absolute Gasteiger partial charge is 0.317 e. The summed E-state index contributed by atoms with van der Waals surface area (Å²) in [6.07, 6.45) is 1.70. The predicted molar refractivity (Wildman–Crippen MR) is 99.2 cm³/mol. The topological polar surface area (TPSA) is 50.8 Å². The fraction of sp³-hybridized carbons (Fsp3) is 0.381. The van der Waals surface area contributed by atoms with Crippen LogP contribution in [0.1, 0.15) is 22.3 Å². The first-order chi connectivity index (χ1) is 12.7.